The predicted octanol–water partition coefficient (Wildman–Crippen LogP) is 2.60. The number of carbonyl (C=O) groups is 2. The minimum Gasteiger partial charge on any atom is -0.477 e. The molecule has 0 saturated heterocycles. The molecule has 0 aromatic heterocycles. The van der Waals surface area contributed by atoms with Crippen molar-refractivity contribution >= 4 is 23.2 Å². The molecule has 2 aromatic rings. The number of benzene rings is 2. The minimum absolute atomic E-state index is 0.0106. The van der Waals surface area contributed by atoms with Gasteiger partial charge in [0.1, 0.15) is 0 Å². The number of nitro groups is 1. The van der Waals surface area contributed by atoms with Gasteiger partial charge in [-0.05, 0) is 36.6 Å². The van der Waals surface area contributed by atoms with E-state index < -0.39 is 17.4 Å². The standard InChI is InChI=1S/C19H21N3O5/c1-3-14-6-4-5-7-15(14)21-18(23)11-20-19(24)12-27-17-10-13(2)8-9-16(17)22(25)26/h4-10H,3,11-12H2,1-2H3,(H,20,24)(H,21,23). The van der Waals surface area contributed by atoms with Crippen LogP contribution >= 0.6 is 0 Å². The Bertz CT molecular complexity index is 851. The highest BCUT2D eigenvalue weighted by atomic mass is 16.6. The van der Waals surface area contributed by atoms with Crippen LogP contribution in [0, 0.1) is 17.0 Å². The van der Waals surface area contributed by atoms with E-state index in [1.807, 2.05) is 25.1 Å². The topological polar surface area (TPSA) is 111 Å². The van der Waals surface area contributed by atoms with Crippen LogP contribution < -0.4 is 15.4 Å². The second kappa shape index (κ2) is 9.33. The fourth-order valence-electron chi connectivity index (χ4n) is 2.41. The first-order valence-electron chi connectivity index (χ1n) is 8.43. The number of aryl methyl sites for hydroxylation is 2. The molecular weight excluding hydrogens is 350 g/mol. The van der Waals surface area contributed by atoms with Crippen molar-refractivity contribution < 1.29 is 19.2 Å². The number of para-hydroxylation sites is 1. The lowest BCUT2D eigenvalue weighted by Gasteiger charge is -2.11. The Balaban J connectivity index is 1.85. The molecular formula is C19H21N3O5. The van der Waals surface area contributed by atoms with E-state index in [0.29, 0.717) is 5.69 Å². The lowest BCUT2D eigenvalue weighted by atomic mass is 10.1. The monoisotopic (exact) mass is 371 g/mol. The van der Waals surface area contributed by atoms with Crippen molar-refractivity contribution in [2.24, 2.45) is 0 Å². The third kappa shape index (κ3) is 5.81. The van der Waals surface area contributed by atoms with Crippen molar-refractivity contribution in [3.8, 4) is 5.75 Å². The summed E-state index contributed by atoms with van der Waals surface area (Å²) in [7, 11) is 0. The number of nitrogens with one attached hydrogen (secondary N) is 2. The highest BCUT2D eigenvalue weighted by molar-refractivity contribution is 5.95. The highest BCUT2D eigenvalue weighted by Crippen LogP contribution is 2.27. The Labute approximate surface area is 156 Å². The molecule has 2 N–H and O–H groups in total. The number of amides is 2. The van der Waals surface area contributed by atoms with Crippen molar-refractivity contribution in [3.05, 3.63) is 63.7 Å². The summed E-state index contributed by atoms with van der Waals surface area (Å²) in [6.07, 6.45) is 0.770. The molecule has 0 saturated carbocycles. The van der Waals surface area contributed by atoms with Crippen molar-refractivity contribution in [3.63, 3.8) is 0 Å². The Morgan fingerprint density at radius 1 is 1.15 bits per heavy atom. The highest BCUT2D eigenvalue weighted by Gasteiger charge is 2.16. The normalized spacial score (nSPS) is 10.1. The maximum Gasteiger partial charge on any atom is 0.310 e. The van der Waals surface area contributed by atoms with Gasteiger partial charge in [-0.1, -0.05) is 31.2 Å². The number of hydrogen-bond donors (Lipinski definition) is 2. The van der Waals surface area contributed by atoms with Gasteiger partial charge in [-0.15, -0.1) is 0 Å². The number of nitrogens with zero attached hydrogens (tertiary/aromatic N) is 1. The van der Waals surface area contributed by atoms with Gasteiger partial charge in [-0.25, -0.2) is 0 Å². The number of ether oxygens (including phenoxy) is 1. The molecule has 0 bridgehead atoms. The van der Waals surface area contributed by atoms with Crippen LogP contribution in [0.4, 0.5) is 11.4 Å². The second-order valence-electron chi connectivity index (χ2n) is 5.85. The van der Waals surface area contributed by atoms with Crippen LogP contribution in [0.15, 0.2) is 42.5 Å². The predicted molar refractivity (Wildman–Crippen MR) is 101 cm³/mol. The van der Waals surface area contributed by atoms with Crippen LogP contribution in [0.2, 0.25) is 0 Å². The maximum atomic E-state index is 12.0. The largest absolute Gasteiger partial charge is 0.477 e. The fraction of sp³-hybridized carbons (Fsp3) is 0.263. The lowest BCUT2D eigenvalue weighted by molar-refractivity contribution is -0.385. The summed E-state index contributed by atoms with van der Waals surface area (Å²) in [4.78, 5) is 34.3. The third-order valence-corrected chi connectivity index (χ3v) is 3.79. The van der Waals surface area contributed by atoms with Crippen LogP contribution in [-0.2, 0) is 16.0 Å². The van der Waals surface area contributed by atoms with Gasteiger partial charge >= 0.3 is 5.69 Å². The number of carbonyl (C=O) groups excluding carboxylic acids is 2. The molecule has 2 rings (SSSR count). The van der Waals surface area contributed by atoms with Gasteiger partial charge in [0.05, 0.1) is 11.5 Å². The van der Waals surface area contributed by atoms with E-state index in [9.17, 15) is 19.7 Å². The summed E-state index contributed by atoms with van der Waals surface area (Å²) in [6.45, 7) is 3.09. The van der Waals surface area contributed by atoms with Gasteiger partial charge < -0.3 is 15.4 Å². The van der Waals surface area contributed by atoms with Crippen LogP contribution in [0.3, 0.4) is 0 Å². The van der Waals surface area contributed by atoms with E-state index >= 15 is 0 Å². The SMILES string of the molecule is CCc1ccccc1NC(=O)CNC(=O)COc1cc(C)ccc1[N+](=O)[O-]. The quantitative estimate of drug-likeness (QED) is 0.547. The van der Waals surface area contributed by atoms with Crippen molar-refractivity contribution in [1.29, 1.82) is 0 Å². The fourth-order valence-corrected chi connectivity index (χ4v) is 2.41. The zero-order valence-electron chi connectivity index (χ0n) is 15.2. The minimum atomic E-state index is -0.578. The molecule has 0 spiro atoms. The van der Waals surface area contributed by atoms with E-state index in [-0.39, 0.29) is 23.9 Å². The Hall–Kier alpha value is -3.42. The summed E-state index contributed by atoms with van der Waals surface area (Å²) >= 11 is 0. The van der Waals surface area contributed by atoms with Crippen molar-refractivity contribution in [2.75, 3.05) is 18.5 Å². The van der Waals surface area contributed by atoms with Crippen LogP contribution in [0.25, 0.3) is 0 Å². The molecule has 27 heavy (non-hydrogen) atoms. The molecule has 0 atom stereocenters. The van der Waals surface area contributed by atoms with Gasteiger partial charge in [0.15, 0.2) is 12.4 Å². The van der Waals surface area contributed by atoms with Gasteiger partial charge in [0.2, 0.25) is 5.91 Å². The summed E-state index contributed by atoms with van der Waals surface area (Å²) in [5.74, 6) is -0.910. The Morgan fingerprint density at radius 3 is 2.59 bits per heavy atom. The van der Waals surface area contributed by atoms with Gasteiger partial charge in [0, 0.05) is 11.8 Å². The molecule has 0 unspecified atom stereocenters. The first-order chi connectivity index (χ1) is 12.9. The Kier molecular flexibility index (Phi) is 6.87. The van der Waals surface area contributed by atoms with E-state index in [1.54, 1.807) is 19.1 Å². The van der Waals surface area contributed by atoms with Gasteiger partial charge in [0.25, 0.3) is 5.91 Å². The smallest absolute Gasteiger partial charge is 0.310 e. The van der Waals surface area contributed by atoms with Crippen LogP contribution in [0.5, 0.6) is 5.75 Å². The molecule has 2 aromatic carbocycles. The molecule has 0 aliphatic heterocycles. The molecule has 8 nitrogen and oxygen atoms in total. The number of rotatable bonds is 8. The average molecular weight is 371 g/mol. The van der Waals surface area contributed by atoms with Crippen LogP contribution in [0.1, 0.15) is 18.1 Å². The molecule has 0 radical (unpaired) electrons. The Morgan fingerprint density at radius 2 is 1.89 bits per heavy atom. The zero-order chi connectivity index (χ0) is 19.8. The molecule has 2 amide bonds. The zero-order valence-corrected chi connectivity index (χ0v) is 15.2. The van der Waals surface area contributed by atoms with E-state index in [2.05, 4.69) is 10.6 Å². The van der Waals surface area contributed by atoms with Gasteiger partial charge in [-0.2, -0.15) is 0 Å². The summed E-state index contributed by atoms with van der Waals surface area (Å²) in [5.41, 5.74) is 2.24. The third-order valence-electron chi connectivity index (χ3n) is 3.79. The summed E-state index contributed by atoms with van der Waals surface area (Å²) < 4.78 is 5.24. The lowest BCUT2D eigenvalue weighted by Crippen LogP contribution is -2.36. The molecule has 0 heterocycles. The van der Waals surface area contributed by atoms with E-state index in [1.165, 1.54) is 12.1 Å². The number of hydrogen-bond acceptors (Lipinski definition) is 5. The summed E-state index contributed by atoms with van der Waals surface area (Å²) in [6, 6.07) is 11.8. The first kappa shape index (κ1) is 19.9. The molecule has 0 aliphatic rings. The number of nitro benzene ring substituents is 1. The first-order valence-corrected chi connectivity index (χ1v) is 8.43. The molecule has 142 valence electrons. The summed E-state index contributed by atoms with van der Waals surface area (Å²) in [5, 5.41) is 16.2. The molecule has 0 fully saturated rings. The molecule has 8 heteroatoms. The van der Waals surface area contributed by atoms with Crippen molar-refractivity contribution in [1.82, 2.24) is 5.32 Å². The van der Waals surface area contributed by atoms with Crippen LogP contribution in [-0.4, -0.2) is 29.9 Å². The van der Waals surface area contributed by atoms with Crippen molar-refractivity contribution in [2.45, 2.75) is 20.3 Å². The maximum absolute atomic E-state index is 12.0. The molecule has 0 aliphatic carbocycles. The second-order valence-corrected chi connectivity index (χ2v) is 5.85. The van der Waals surface area contributed by atoms with E-state index in [0.717, 1.165) is 17.5 Å². The average Bonchev–Trinajstić information content (AvgIpc) is 2.65. The number of anilines is 1. The van der Waals surface area contributed by atoms with Gasteiger partial charge in [-0.3, -0.25) is 19.7 Å². The van der Waals surface area contributed by atoms with E-state index in [4.69, 9.17) is 4.74 Å².